The van der Waals surface area contributed by atoms with Gasteiger partial charge in [-0.05, 0) is 23.3 Å². The van der Waals surface area contributed by atoms with E-state index in [0.717, 1.165) is 44.4 Å². The lowest BCUT2D eigenvalue weighted by atomic mass is 10.2. The molecule has 8 rings (SSSR count). The van der Waals surface area contributed by atoms with E-state index < -0.39 is 20.6 Å². The van der Waals surface area contributed by atoms with Crippen LogP contribution in [0.4, 0.5) is 0 Å². The van der Waals surface area contributed by atoms with Crippen LogP contribution in [0, 0.1) is 0 Å². The third-order valence-corrected chi connectivity index (χ3v) is 12.4. The maximum absolute atomic E-state index is 12.5. The first-order chi connectivity index (χ1) is 22.9. The van der Waals surface area contributed by atoms with Crippen LogP contribution in [0.15, 0.2) is 131 Å². The van der Waals surface area contributed by atoms with E-state index in [1.165, 1.54) is 15.9 Å². The summed E-state index contributed by atoms with van der Waals surface area (Å²) in [6.07, 6.45) is 10.2. The summed E-state index contributed by atoms with van der Waals surface area (Å²) in [6.45, 7) is 0. The zero-order valence-corrected chi connectivity index (χ0v) is 27.7. The van der Waals surface area contributed by atoms with E-state index in [-0.39, 0.29) is 10.1 Å². The molecule has 15 heteroatoms. The number of hydrogen-bond acceptors (Lipinski definition) is 11. The van der Waals surface area contributed by atoms with Gasteiger partial charge in [-0.1, -0.05) is 95.5 Å². The number of aromatic nitrogens is 8. The van der Waals surface area contributed by atoms with Crippen molar-refractivity contribution in [2.24, 2.45) is 0 Å². The Morgan fingerprint density at radius 3 is 1.74 bits per heavy atom. The first-order valence-electron chi connectivity index (χ1n) is 14.1. The fourth-order valence-corrected chi connectivity index (χ4v) is 9.17. The molecule has 0 bridgehead atoms. The Hall–Kier alpha value is -4.96. The van der Waals surface area contributed by atoms with E-state index >= 15 is 0 Å². The van der Waals surface area contributed by atoms with Gasteiger partial charge in [-0.25, -0.2) is 27.4 Å². The number of sulfone groups is 1. The molecule has 11 nitrogen and oxygen atoms in total. The van der Waals surface area contributed by atoms with Gasteiger partial charge in [0.05, 0.1) is 46.1 Å². The van der Waals surface area contributed by atoms with Crippen molar-refractivity contribution in [2.75, 3.05) is 0 Å². The number of benzene rings is 2. The Labute approximate surface area is 279 Å². The summed E-state index contributed by atoms with van der Waals surface area (Å²) in [7, 11) is -4.71. The van der Waals surface area contributed by atoms with Crippen molar-refractivity contribution in [1.82, 2.24) is 39.2 Å². The fourth-order valence-electron chi connectivity index (χ4n) is 4.54. The van der Waals surface area contributed by atoms with E-state index in [0.29, 0.717) is 20.6 Å². The Morgan fingerprint density at radius 2 is 1.21 bits per heavy atom. The Bertz CT molecular complexity index is 2330. The van der Waals surface area contributed by atoms with E-state index in [1.807, 2.05) is 79.0 Å². The minimum absolute atomic E-state index is 0.0634. The summed E-state index contributed by atoms with van der Waals surface area (Å²) in [6, 6.07) is 26.8. The maximum Gasteiger partial charge on any atom is 0.232 e. The van der Waals surface area contributed by atoms with Gasteiger partial charge in [0.25, 0.3) is 0 Å². The van der Waals surface area contributed by atoms with E-state index in [9.17, 15) is 12.6 Å². The number of pyridine rings is 2. The van der Waals surface area contributed by atoms with Crippen molar-refractivity contribution >= 4 is 53.2 Å². The average molecular weight is 697 g/mol. The quantitative estimate of drug-likeness (QED) is 0.188. The lowest BCUT2D eigenvalue weighted by molar-refractivity contribution is 0.592. The van der Waals surface area contributed by atoms with Crippen molar-refractivity contribution in [3.8, 4) is 22.5 Å². The van der Waals surface area contributed by atoms with Gasteiger partial charge in [0, 0.05) is 35.9 Å². The largest absolute Gasteiger partial charge is 0.264 e. The summed E-state index contributed by atoms with van der Waals surface area (Å²) in [5, 5.41) is 8.60. The van der Waals surface area contributed by atoms with Gasteiger partial charge in [-0.15, -0.1) is 10.2 Å². The summed E-state index contributed by atoms with van der Waals surface area (Å²) in [5.41, 5.74) is 5.22. The van der Waals surface area contributed by atoms with Crippen LogP contribution in [0.25, 0.3) is 32.4 Å². The predicted octanol–water partition coefficient (Wildman–Crippen LogP) is 5.99. The summed E-state index contributed by atoms with van der Waals surface area (Å²) in [5.74, 6) is 0.291. The maximum atomic E-state index is 12.5. The van der Waals surface area contributed by atoms with Crippen LogP contribution in [0.5, 0.6) is 0 Å². The average Bonchev–Trinajstić information content (AvgIpc) is 3.87. The van der Waals surface area contributed by atoms with Gasteiger partial charge in [-0.3, -0.25) is 14.2 Å². The normalized spacial score (nSPS) is 12.2. The van der Waals surface area contributed by atoms with Gasteiger partial charge < -0.3 is 0 Å². The molecule has 0 saturated carbocycles. The standard InChI is InChI=1S/C16H12N4O2S2.C16H12N4OS2/c21-24(22,11-12-5-4-8-17-9-12)16-19-20-10-14(18-15(20)23-16)13-6-2-1-3-7-13;21-23(11-12-5-4-8-17-9-12)16-19-20-10-14(18-15(20)22-16)13-6-2-1-3-7-13/h1-10H,11H2;1-10H,11H2. The summed E-state index contributed by atoms with van der Waals surface area (Å²) >= 11 is 2.43. The molecule has 8 aromatic rings. The third kappa shape index (κ3) is 7.07. The molecule has 1 unspecified atom stereocenters. The van der Waals surface area contributed by atoms with Crippen molar-refractivity contribution < 1.29 is 12.6 Å². The molecule has 0 aliphatic heterocycles. The molecule has 1 atom stereocenters. The zero-order valence-electron chi connectivity index (χ0n) is 24.4. The summed E-state index contributed by atoms with van der Waals surface area (Å²) in [4.78, 5) is 18.3. The molecule has 47 heavy (non-hydrogen) atoms. The first kappa shape index (κ1) is 30.7. The Balaban J connectivity index is 0.000000150. The van der Waals surface area contributed by atoms with Gasteiger partial charge in [0.2, 0.25) is 28.4 Å². The number of hydrogen-bond donors (Lipinski definition) is 0. The fraction of sp³-hybridized carbons (Fsp3) is 0.0625. The van der Waals surface area contributed by atoms with Crippen molar-refractivity contribution in [2.45, 2.75) is 20.2 Å². The molecule has 0 N–H and O–H groups in total. The molecule has 0 radical (unpaired) electrons. The number of nitrogens with zero attached hydrogens (tertiary/aromatic N) is 8. The highest BCUT2D eigenvalue weighted by molar-refractivity contribution is 7.92. The molecule has 0 aliphatic carbocycles. The number of rotatable bonds is 8. The molecule has 0 fully saturated rings. The second-order valence-corrected chi connectivity index (χ2v) is 15.8. The van der Waals surface area contributed by atoms with Gasteiger partial charge in [-0.2, -0.15) is 0 Å². The lowest BCUT2D eigenvalue weighted by Crippen LogP contribution is -2.05. The molecule has 6 aromatic heterocycles. The van der Waals surface area contributed by atoms with Crippen LogP contribution in [0.3, 0.4) is 0 Å². The topological polar surface area (TPSA) is 137 Å². The molecule has 0 spiro atoms. The highest BCUT2D eigenvalue weighted by Gasteiger charge is 2.22. The van der Waals surface area contributed by atoms with Crippen molar-refractivity contribution in [3.63, 3.8) is 0 Å². The minimum Gasteiger partial charge on any atom is -0.264 e. The van der Waals surface area contributed by atoms with Crippen LogP contribution in [0.1, 0.15) is 11.1 Å². The van der Waals surface area contributed by atoms with Crippen LogP contribution in [-0.2, 0) is 32.1 Å². The van der Waals surface area contributed by atoms with E-state index in [1.54, 1.807) is 47.6 Å². The second-order valence-electron chi connectivity index (χ2n) is 10.1. The first-order valence-corrected chi connectivity index (χ1v) is 18.7. The molecule has 0 saturated heterocycles. The molecular formula is C32H24N8O3S4. The van der Waals surface area contributed by atoms with Crippen molar-refractivity contribution in [1.29, 1.82) is 0 Å². The number of fused-ring (bicyclic) bond motifs is 2. The lowest BCUT2D eigenvalue weighted by Gasteiger charge is -1.99. The Morgan fingerprint density at radius 1 is 0.660 bits per heavy atom. The van der Waals surface area contributed by atoms with Gasteiger partial charge in [0.1, 0.15) is 0 Å². The molecular weight excluding hydrogens is 673 g/mol. The van der Waals surface area contributed by atoms with Crippen LogP contribution in [-0.4, -0.2) is 51.8 Å². The molecule has 6 heterocycles. The van der Waals surface area contributed by atoms with E-state index in [2.05, 4.69) is 30.1 Å². The molecule has 0 amide bonds. The second kappa shape index (κ2) is 13.4. The summed E-state index contributed by atoms with van der Waals surface area (Å²) < 4.78 is 41.3. The highest BCUT2D eigenvalue weighted by atomic mass is 32.2. The van der Waals surface area contributed by atoms with Crippen LogP contribution in [0.2, 0.25) is 0 Å². The monoisotopic (exact) mass is 696 g/mol. The molecule has 234 valence electrons. The van der Waals surface area contributed by atoms with Crippen LogP contribution >= 0.6 is 22.7 Å². The Kier molecular flexibility index (Phi) is 8.76. The zero-order chi connectivity index (χ0) is 32.2. The van der Waals surface area contributed by atoms with E-state index in [4.69, 9.17) is 0 Å². The SMILES string of the molecule is O=S(=O)(Cc1cccnc1)c1nn2cc(-c3ccccc3)nc2s1.O=S(Cc1cccnc1)c1nn2cc(-c3ccccc3)nc2s1. The smallest absolute Gasteiger partial charge is 0.232 e. The van der Waals surface area contributed by atoms with Crippen molar-refractivity contribution in [3.05, 3.63) is 133 Å². The van der Waals surface area contributed by atoms with Crippen LogP contribution < -0.4 is 0 Å². The van der Waals surface area contributed by atoms with Gasteiger partial charge >= 0.3 is 0 Å². The minimum atomic E-state index is -3.52. The third-order valence-electron chi connectivity index (χ3n) is 6.75. The molecule has 0 aliphatic rings. The number of imidazole rings is 2. The molecule has 2 aromatic carbocycles. The predicted molar refractivity (Wildman–Crippen MR) is 182 cm³/mol. The van der Waals surface area contributed by atoms with Gasteiger partial charge in [0.15, 0.2) is 0 Å². The highest BCUT2D eigenvalue weighted by Crippen LogP contribution is 2.27.